The van der Waals surface area contributed by atoms with Gasteiger partial charge < -0.3 is 9.64 Å². The molecule has 2 aromatic carbocycles. The van der Waals surface area contributed by atoms with Crippen molar-refractivity contribution in [3.8, 4) is 0 Å². The van der Waals surface area contributed by atoms with Gasteiger partial charge in [0, 0.05) is 17.3 Å². The lowest BCUT2D eigenvalue weighted by Gasteiger charge is -2.21. The van der Waals surface area contributed by atoms with Gasteiger partial charge in [-0.15, -0.1) is 0 Å². The van der Waals surface area contributed by atoms with Gasteiger partial charge in [-0.1, -0.05) is 41.4 Å². The third kappa shape index (κ3) is 3.25. The summed E-state index contributed by atoms with van der Waals surface area (Å²) in [7, 11) is 0. The number of para-hydroxylation sites is 1. The smallest absolute Gasteiger partial charge is 0.340 e. The molecule has 0 bridgehead atoms. The van der Waals surface area contributed by atoms with Gasteiger partial charge >= 0.3 is 5.97 Å². The Hall–Kier alpha value is -2.04. The van der Waals surface area contributed by atoms with E-state index in [0.717, 1.165) is 17.7 Å². The molecule has 1 unspecified atom stereocenters. The van der Waals surface area contributed by atoms with E-state index in [1.54, 1.807) is 17.9 Å². The molecule has 0 aromatic heterocycles. The topological polar surface area (TPSA) is 46.6 Å². The van der Waals surface area contributed by atoms with Gasteiger partial charge in [0.15, 0.2) is 6.10 Å². The van der Waals surface area contributed by atoms with Crippen LogP contribution in [-0.2, 0) is 16.0 Å². The minimum absolute atomic E-state index is 0.183. The molecule has 1 aliphatic heterocycles. The molecule has 124 valence electrons. The van der Waals surface area contributed by atoms with Crippen LogP contribution in [0.3, 0.4) is 0 Å². The Morgan fingerprint density at radius 2 is 1.92 bits per heavy atom. The van der Waals surface area contributed by atoms with Gasteiger partial charge in [0.25, 0.3) is 5.91 Å². The molecule has 0 saturated carbocycles. The van der Waals surface area contributed by atoms with Crippen molar-refractivity contribution in [2.24, 2.45) is 0 Å². The van der Waals surface area contributed by atoms with E-state index in [4.69, 9.17) is 27.9 Å². The van der Waals surface area contributed by atoms with Crippen LogP contribution in [0.5, 0.6) is 0 Å². The number of carbonyl (C=O) groups excluding carboxylic acids is 2. The number of carbonyl (C=O) groups is 2. The number of hydrogen-bond acceptors (Lipinski definition) is 3. The fraction of sp³-hybridized carbons (Fsp3) is 0.222. The Balaban J connectivity index is 1.72. The summed E-state index contributed by atoms with van der Waals surface area (Å²) in [6.07, 6.45) is -0.110. The van der Waals surface area contributed by atoms with E-state index in [9.17, 15) is 9.59 Å². The fourth-order valence-electron chi connectivity index (χ4n) is 2.72. The Bertz CT molecular complexity index is 807. The number of anilines is 1. The van der Waals surface area contributed by atoms with Crippen molar-refractivity contribution in [1.29, 1.82) is 0 Å². The highest BCUT2D eigenvalue weighted by atomic mass is 35.5. The predicted molar refractivity (Wildman–Crippen MR) is 93.8 cm³/mol. The maximum Gasteiger partial charge on any atom is 0.340 e. The van der Waals surface area contributed by atoms with Gasteiger partial charge in [-0.05, 0) is 43.2 Å². The molecule has 2 aromatic rings. The van der Waals surface area contributed by atoms with Crippen LogP contribution >= 0.6 is 23.2 Å². The van der Waals surface area contributed by atoms with Crippen molar-refractivity contribution in [1.82, 2.24) is 0 Å². The molecule has 1 amide bonds. The highest BCUT2D eigenvalue weighted by Gasteiger charge is 2.30. The van der Waals surface area contributed by atoms with Crippen LogP contribution in [0, 0.1) is 0 Å². The second kappa shape index (κ2) is 6.83. The van der Waals surface area contributed by atoms with Crippen LogP contribution in [0.25, 0.3) is 0 Å². The van der Waals surface area contributed by atoms with E-state index in [1.807, 2.05) is 24.3 Å². The van der Waals surface area contributed by atoms with E-state index in [-0.39, 0.29) is 16.5 Å². The van der Waals surface area contributed by atoms with E-state index in [0.29, 0.717) is 11.6 Å². The molecule has 0 N–H and O–H groups in total. The number of amides is 1. The van der Waals surface area contributed by atoms with E-state index >= 15 is 0 Å². The zero-order chi connectivity index (χ0) is 17.3. The lowest BCUT2D eigenvalue weighted by Crippen LogP contribution is -2.39. The number of benzene rings is 2. The maximum atomic E-state index is 12.6. The van der Waals surface area contributed by atoms with Crippen molar-refractivity contribution < 1.29 is 14.3 Å². The minimum Gasteiger partial charge on any atom is -0.449 e. The summed E-state index contributed by atoms with van der Waals surface area (Å²) in [6.45, 7) is 2.15. The Morgan fingerprint density at radius 3 is 2.67 bits per heavy atom. The summed E-state index contributed by atoms with van der Waals surface area (Å²) in [5, 5.41) is 0.619. The molecule has 0 aliphatic carbocycles. The average molecular weight is 364 g/mol. The van der Waals surface area contributed by atoms with Gasteiger partial charge in [0.1, 0.15) is 0 Å². The largest absolute Gasteiger partial charge is 0.449 e. The highest BCUT2D eigenvalue weighted by molar-refractivity contribution is 6.36. The fourth-order valence-corrected chi connectivity index (χ4v) is 3.20. The zero-order valence-corrected chi connectivity index (χ0v) is 14.5. The molecule has 1 aliphatic rings. The van der Waals surface area contributed by atoms with Crippen LogP contribution in [0.1, 0.15) is 22.8 Å². The zero-order valence-electron chi connectivity index (χ0n) is 13.0. The minimum atomic E-state index is -0.907. The predicted octanol–water partition coefficient (Wildman–Crippen LogP) is 4.13. The van der Waals surface area contributed by atoms with Crippen LogP contribution in [0.15, 0.2) is 42.5 Å². The summed E-state index contributed by atoms with van der Waals surface area (Å²) in [6, 6.07) is 12.2. The summed E-state index contributed by atoms with van der Waals surface area (Å²) in [4.78, 5) is 26.5. The first-order chi connectivity index (χ1) is 11.5. The van der Waals surface area contributed by atoms with Gasteiger partial charge in [-0.2, -0.15) is 0 Å². The molecule has 3 rings (SSSR count). The van der Waals surface area contributed by atoms with Crippen molar-refractivity contribution >= 4 is 40.8 Å². The molecule has 1 heterocycles. The third-order valence-corrected chi connectivity index (χ3v) is 4.48. The molecular formula is C18H15Cl2NO3. The third-order valence-electron chi connectivity index (χ3n) is 3.94. The van der Waals surface area contributed by atoms with E-state index in [2.05, 4.69) is 0 Å². The molecule has 0 spiro atoms. The number of rotatable bonds is 3. The molecule has 0 fully saturated rings. The number of nitrogens with zero attached hydrogens (tertiary/aromatic N) is 1. The molecular weight excluding hydrogens is 349 g/mol. The quantitative estimate of drug-likeness (QED) is 0.770. The normalized spacial score (nSPS) is 14.2. The number of hydrogen-bond donors (Lipinski definition) is 0. The molecule has 0 saturated heterocycles. The van der Waals surface area contributed by atoms with Crippen molar-refractivity contribution in [3.63, 3.8) is 0 Å². The van der Waals surface area contributed by atoms with Crippen molar-refractivity contribution in [3.05, 3.63) is 63.6 Å². The molecule has 0 radical (unpaired) electrons. The SMILES string of the molecule is CC(OC(=O)c1ccc(Cl)cc1Cl)C(=O)N1CCc2ccccc21. The standard InChI is InChI=1S/C18H15Cl2NO3/c1-11(24-18(23)14-7-6-13(19)10-15(14)20)17(22)21-9-8-12-4-2-3-5-16(12)21/h2-7,10-11H,8-9H2,1H3. The second-order valence-corrected chi connectivity index (χ2v) is 6.38. The van der Waals surface area contributed by atoms with E-state index in [1.165, 1.54) is 12.1 Å². The van der Waals surface area contributed by atoms with Crippen molar-refractivity contribution in [2.75, 3.05) is 11.4 Å². The number of esters is 1. The number of halogens is 2. The van der Waals surface area contributed by atoms with Gasteiger partial charge in [0.2, 0.25) is 0 Å². The van der Waals surface area contributed by atoms with Crippen LogP contribution < -0.4 is 4.90 Å². The molecule has 1 atom stereocenters. The first-order valence-electron chi connectivity index (χ1n) is 7.52. The Kier molecular flexibility index (Phi) is 4.78. The summed E-state index contributed by atoms with van der Waals surface area (Å²) in [5.41, 5.74) is 2.17. The Morgan fingerprint density at radius 1 is 1.17 bits per heavy atom. The first-order valence-corrected chi connectivity index (χ1v) is 8.28. The van der Waals surface area contributed by atoms with Gasteiger partial charge in [0.05, 0.1) is 10.6 Å². The molecule has 24 heavy (non-hydrogen) atoms. The maximum absolute atomic E-state index is 12.6. The lowest BCUT2D eigenvalue weighted by molar-refractivity contribution is -0.126. The molecule has 6 heteroatoms. The van der Waals surface area contributed by atoms with Crippen LogP contribution in [0.4, 0.5) is 5.69 Å². The first kappa shape index (κ1) is 16.8. The van der Waals surface area contributed by atoms with Crippen LogP contribution in [-0.4, -0.2) is 24.5 Å². The lowest BCUT2D eigenvalue weighted by atomic mass is 10.2. The van der Waals surface area contributed by atoms with Gasteiger partial charge in [-0.3, -0.25) is 4.79 Å². The number of ether oxygens (including phenoxy) is 1. The summed E-state index contributed by atoms with van der Waals surface area (Å²) in [5.74, 6) is -0.900. The summed E-state index contributed by atoms with van der Waals surface area (Å²) >= 11 is 11.8. The highest BCUT2D eigenvalue weighted by Crippen LogP contribution is 2.28. The Labute approximate surface area is 149 Å². The van der Waals surface area contributed by atoms with E-state index < -0.39 is 12.1 Å². The second-order valence-electron chi connectivity index (χ2n) is 5.54. The molecule has 4 nitrogen and oxygen atoms in total. The average Bonchev–Trinajstić information content (AvgIpc) is 2.97. The van der Waals surface area contributed by atoms with Crippen molar-refractivity contribution in [2.45, 2.75) is 19.4 Å². The monoisotopic (exact) mass is 363 g/mol. The van der Waals surface area contributed by atoms with Gasteiger partial charge in [-0.25, -0.2) is 4.79 Å². The van der Waals surface area contributed by atoms with Crippen LogP contribution in [0.2, 0.25) is 10.0 Å². The summed E-state index contributed by atoms with van der Waals surface area (Å²) < 4.78 is 5.29. The number of fused-ring (bicyclic) bond motifs is 1.